The fraction of sp³-hybridized carbons (Fsp3) is 0.364. The number of nitrogens with zero attached hydrogens (tertiary/aromatic N) is 1. The molecular formula is C22H26ClN3O6S2. The molecular weight excluding hydrogens is 502 g/mol. The Morgan fingerprint density at radius 1 is 1.18 bits per heavy atom. The van der Waals surface area contributed by atoms with E-state index in [2.05, 4.69) is 10.0 Å². The molecule has 2 unspecified atom stereocenters. The van der Waals surface area contributed by atoms with Crippen molar-refractivity contribution >= 4 is 54.6 Å². The standard InChI is InChI=1S/C22H25N3O6S2.ClH/c1-14-3-4-20(30-2)21(9-14)33(28,29)24-16-10-15-5-8-31-22(15)18(11-16)25-7-6-23-17-12-32(26,27)13-19(17)25;/h3-5,8-11,17,19,23-24H,6-7,12-13H2,1-2H3;1H. The lowest BCUT2D eigenvalue weighted by atomic mass is 10.1. The number of furan rings is 1. The molecule has 0 aliphatic carbocycles. The van der Waals surface area contributed by atoms with Gasteiger partial charge in [-0.15, -0.1) is 12.4 Å². The van der Waals surface area contributed by atoms with Crippen molar-refractivity contribution in [2.75, 3.05) is 41.3 Å². The molecule has 2 aromatic carbocycles. The minimum absolute atomic E-state index is 0. The Balaban J connectivity index is 0.00000274. The minimum Gasteiger partial charge on any atom is -0.495 e. The van der Waals surface area contributed by atoms with Crippen LogP contribution in [-0.2, 0) is 19.9 Å². The fourth-order valence-electron chi connectivity index (χ4n) is 4.71. The maximum absolute atomic E-state index is 13.2. The van der Waals surface area contributed by atoms with Gasteiger partial charge in [0.2, 0.25) is 0 Å². The Morgan fingerprint density at radius 3 is 2.74 bits per heavy atom. The number of hydrogen-bond acceptors (Lipinski definition) is 8. The summed E-state index contributed by atoms with van der Waals surface area (Å²) in [6.07, 6.45) is 1.54. The van der Waals surface area contributed by atoms with Crippen LogP contribution in [0.15, 0.2) is 52.0 Å². The Morgan fingerprint density at radius 2 is 1.97 bits per heavy atom. The summed E-state index contributed by atoms with van der Waals surface area (Å²) < 4.78 is 64.7. The first kappa shape index (κ1) is 24.6. The normalized spacial score (nSPS) is 21.6. The predicted octanol–water partition coefficient (Wildman–Crippen LogP) is 2.55. The van der Waals surface area contributed by atoms with Crippen LogP contribution in [0.1, 0.15) is 5.56 Å². The molecule has 184 valence electrons. The highest BCUT2D eigenvalue weighted by atomic mass is 35.5. The summed E-state index contributed by atoms with van der Waals surface area (Å²) in [5.41, 5.74) is 2.41. The third-order valence-corrected chi connectivity index (χ3v) is 9.30. The molecule has 2 aliphatic heterocycles. The number of hydrogen-bond donors (Lipinski definition) is 2. The molecule has 2 N–H and O–H groups in total. The van der Waals surface area contributed by atoms with Crippen molar-refractivity contribution in [2.24, 2.45) is 0 Å². The van der Waals surface area contributed by atoms with Gasteiger partial charge in [-0.2, -0.15) is 0 Å². The third-order valence-electron chi connectivity index (χ3n) is 6.18. The highest BCUT2D eigenvalue weighted by molar-refractivity contribution is 7.93. The molecule has 9 nitrogen and oxygen atoms in total. The molecule has 34 heavy (non-hydrogen) atoms. The average molecular weight is 528 g/mol. The summed E-state index contributed by atoms with van der Waals surface area (Å²) in [7, 11) is -5.68. The van der Waals surface area contributed by atoms with Crippen molar-refractivity contribution in [2.45, 2.75) is 23.9 Å². The summed E-state index contributed by atoms with van der Waals surface area (Å²) in [6, 6.07) is 9.70. The van der Waals surface area contributed by atoms with Crippen molar-refractivity contribution in [3.63, 3.8) is 0 Å². The second-order valence-electron chi connectivity index (χ2n) is 8.49. The van der Waals surface area contributed by atoms with Crippen LogP contribution in [0.4, 0.5) is 11.4 Å². The monoisotopic (exact) mass is 527 g/mol. The summed E-state index contributed by atoms with van der Waals surface area (Å²) in [5, 5.41) is 4.01. The highest BCUT2D eigenvalue weighted by Crippen LogP contribution is 2.37. The van der Waals surface area contributed by atoms with Crippen LogP contribution in [0.25, 0.3) is 11.0 Å². The van der Waals surface area contributed by atoms with Crippen molar-refractivity contribution in [1.29, 1.82) is 0 Å². The van der Waals surface area contributed by atoms with Crippen molar-refractivity contribution in [3.05, 3.63) is 48.2 Å². The minimum atomic E-state index is -3.95. The predicted molar refractivity (Wildman–Crippen MR) is 134 cm³/mol. The molecule has 2 aliphatic rings. The first-order valence-corrected chi connectivity index (χ1v) is 13.9. The van der Waals surface area contributed by atoms with Gasteiger partial charge in [0.25, 0.3) is 10.0 Å². The highest BCUT2D eigenvalue weighted by Gasteiger charge is 2.43. The van der Waals surface area contributed by atoms with Crippen LogP contribution in [-0.4, -0.2) is 60.6 Å². The second-order valence-corrected chi connectivity index (χ2v) is 12.3. The van der Waals surface area contributed by atoms with E-state index in [0.29, 0.717) is 30.0 Å². The zero-order chi connectivity index (χ0) is 23.4. The van der Waals surface area contributed by atoms with Crippen molar-refractivity contribution < 1.29 is 26.0 Å². The number of aryl methyl sites for hydroxylation is 1. The van der Waals surface area contributed by atoms with Crippen LogP contribution >= 0.6 is 12.4 Å². The van der Waals surface area contributed by atoms with E-state index in [-0.39, 0.29) is 46.6 Å². The smallest absolute Gasteiger partial charge is 0.265 e. The maximum atomic E-state index is 13.2. The van der Waals surface area contributed by atoms with Gasteiger partial charge in [-0.25, -0.2) is 16.8 Å². The molecule has 1 aromatic heterocycles. The van der Waals surface area contributed by atoms with Gasteiger partial charge < -0.3 is 19.4 Å². The van der Waals surface area contributed by atoms with Gasteiger partial charge in [-0.3, -0.25) is 4.72 Å². The van der Waals surface area contributed by atoms with Gasteiger partial charge in [-0.1, -0.05) is 6.07 Å². The van der Waals surface area contributed by atoms with Gasteiger partial charge >= 0.3 is 0 Å². The number of benzene rings is 2. The largest absolute Gasteiger partial charge is 0.495 e. The van der Waals surface area contributed by atoms with Crippen LogP contribution in [0.2, 0.25) is 0 Å². The number of methoxy groups -OCH3 is 1. The molecule has 0 saturated carbocycles. The molecule has 2 atom stereocenters. The number of halogens is 1. The lowest BCUT2D eigenvalue weighted by Crippen LogP contribution is -2.57. The van der Waals surface area contributed by atoms with Gasteiger partial charge in [0.1, 0.15) is 10.6 Å². The summed E-state index contributed by atoms with van der Waals surface area (Å²) in [4.78, 5) is 2.06. The van der Waals surface area contributed by atoms with E-state index in [1.54, 1.807) is 42.7 Å². The number of anilines is 2. The van der Waals surface area contributed by atoms with Gasteiger partial charge in [0.05, 0.1) is 42.3 Å². The van der Waals surface area contributed by atoms with Gasteiger partial charge in [-0.05, 0) is 42.8 Å². The zero-order valence-corrected chi connectivity index (χ0v) is 21.1. The second kappa shape index (κ2) is 8.95. The lowest BCUT2D eigenvalue weighted by molar-refractivity contribution is 0.402. The molecule has 5 rings (SSSR count). The number of nitrogens with one attached hydrogen (secondary N) is 2. The molecule has 0 spiro atoms. The van der Waals surface area contributed by atoms with Gasteiger partial charge in [0, 0.05) is 24.5 Å². The molecule has 0 radical (unpaired) electrons. The lowest BCUT2D eigenvalue weighted by Gasteiger charge is -2.39. The average Bonchev–Trinajstić information content (AvgIpc) is 3.35. The quantitative estimate of drug-likeness (QED) is 0.520. The number of rotatable bonds is 5. The van der Waals surface area contributed by atoms with Crippen molar-refractivity contribution in [3.8, 4) is 5.75 Å². The topological polar surface area (TPSA) is 118 Å². The molecule has 2 saturated heterocycles. The summed E-state index contributed by atoms with van der Waals surface area (Å²) in [5.74, 6) is 0.386. The SMILES string of the molecule is COc1ccc(C)cc1S(=O)(=O)Nc1cc(N2CCNC3CS(=O)(=O)CC32)c2occc2c1.Cl. The number of fused-ring (bicyclic) bond motifs is 2. The van der Waals surface area contributed by atoms with E-state index in [1.165, 1.54) is 7.11 Å². The van der Waals surface area contributed by atoms with E-state index in [9.17, 15) is 16.8 Å². The molecule has 3 aromatic rings. The fourth-order valence-corrected chi connectivity index (χ4v) is 7.96. The molecule has 3 heterocycles. The van der Waals surface area contributed by atoms with E-state index < -0.39 is 19.9 Å². The molecule has 12 heteroatoms. The Bertz CT molecular complexity index is 1440. The summed E-state index contributed by atoms with van der Waals surface area (Å²) in [6.45, 7) is 3.01. The number of sulfonamides is 1. The third kappa shape index (κ3) is 4.45. The summed E-state index contributed by atoms with van der Waals surface area (Å²) >= 11 is 0. The van der Waals surface area contributed by atoms with Crippen molar-refractivity contribution in [1.82, 2.24) is 5.32 Å². The number of piperazine rings is 1. The van der Waals surface area contributed by atoms with E-state index >= 15 is 0 Å². The van der Waals surface area contributed by atoms with Gasteiger partial charge in [0.15, 0.2) is 15.4 Å². The van der Waals surface area contributed by atoms with Crippen LogP contribution in [0.3, 0.4) is 0 Å². The van der Waals surface area contributed by atoms with E-state index in [4.69, 9.17) is 9.15 Å². The van der Waals surface area contributed by atoms with E-state index in [0.717, 1.165) is 10.9 Å². The molecule has 0 bridgehead atoms. The molecule has 2 fully saturated rings. The first-order chi connectivity index (χ1) is 15.7. The van der Waals surface area contributed by atoms with Crippen LogP contribution in [0.5, 0.6) is 5.75 Å². The first-order valence-electron chi connectivity index (χ1n) is 10.6. The zero-order valence-electron chi connectivity index (χ0n) is 18.6. The molecule has 0 amide bonds. The Kier molecular flexibility index (Phi) is 6.49. The number of ether oxygens (including phenoxy) is 1. The maximum Gasteiger partial charge on any atom is 0.265 e. The van der Waals surface area contributed by atoms with Crippen LogP contribution < -0.4 is 19.7 Å². The Hall–Kier alpha value is -2.47. The van der Waals surface area contributed by atoms with E-state index in [1.807, 2.05) is 11.8 Å². The van der Waals surface area contributed by atoms with Crippen LogP contribution in [0, 0.1) is 6.92 Å². The Labute approximate surface area is 204 Å². The number of sulfone groups is 1.